The molecule has 1 aromatic rings. The highest BCUT2D eigenvalue weighted by atomic mass is 19.1. The maximum absolute atomic E-state index is 13.9. The topological polar surface area (TPSA) is 65.7 Å². The molecule has 0 bridgehead atoms. The minimum absolute atomic E-state index is 0.0432. The molecule has 2 amide bonds. The van der Waals surface area contributed by atoms with Crippen molar-refractivity contribution in [1.82, 2.24) is 24.8 Å². The molecular formula is C15H26FN5O2. The van der Waals surface area contributed by atoms with Gasteiger partial charge in [-0.05, 0) is 20.3 Å². The number of aryl methyl sites for hydroxylation is 1. The van der Waals surface area contributed by atoms with Crippen LogP contribution in [0.2, 0.25) is 0 Å². The summed E-state index contributed by atoms with van der Waals surface area (Å²) in [5.74, 6) is 1.05. The summed E-state index contributed by atoms with van der Waals surface area (Å²) in [6.07, 6.45) is -0.473. The average Bonchev–Trinajstić information content (AvgIpc) is 3.03. The molecule has 130 valence electrons. The van der Waals surface area contributed by atoms with Gasteiger partial charge in [0, 0.05) is 46.2 Å². The van der Waals surface area contributed by atoms with Crippen LogP contribution in [0.15, 0.2) is 4.52 Å². The second-order valence-electron chi connectivity index (χ2n) is 6.51. The molecule has 0 saturated carbocycles. The van der Waals surface area contributed by atoms with Crippen LogP contribution in [0.1, 0.15) is 32.0 Å². The number of likely N-dealkylation sites (tertiary alicyclic amines) is 1. The summed E-state index contributed by atoms with van der Waals surface area (Å²) in [5, 5.41) is 3.87. The van der Waals surface area contributed by atoms with Gasteiger partial charge >= 0.3 is 6.03 Å². The van der Waals surface area contributed by atoms with Crippen LogP contribution in [0.25, 0.3) is 0 Å². The van der Waals surface area contributed by atoms with Crippen LogP contribution in [0, 0.1) is 6.92 Å². The molecule has 7 nitrogen and oxygen atoms in total. The fourth-order valence-electron chi connectivity index (χ4n) is 2.78. The molecule has 1 saturated heterocycles. The van der Waals surface area contributed by atoms with Crippen LogP contribution in [0.3, 0.4) is 0 Å². The highest BCUT2D eigenvalue weighted by molar-refractivity contribution is 5.74. The lowest BCUT2D eigenvalue weighted by Gasteiger charge is -2.31. The first kappa shape index (κ1) is 17.7. The fraction of sp³-hybridized carbons (Fsp3) is 0.800. The number of nitrogens with zero attached hydrogens (tertiary/aromatic N) is 5. The van der Waals surface area contributed by atoms with E-state index in [-0.39, 0.29) is 18.1 Å². The Morgan fingerprint density at radius 2 is 2.17 bits per heavy atom. The zero-order valence-corrected chi connectivity index (χ0v) is 14.5. The van der Waals surface area contributed by atoms with Gasteiger partial charge in [0.2, 0.25) is 5.89 Å². The number of hydrogen-bond donors (Lipinski definition) is 0. The van der Waals surface area contributed by atoms with E-state index < -0.39 is 6.17 Å². The first-order chi connectivity index (χ1) is 10.8. The molecule has 2 rings (SSSR count). The van der Waals surface area contributed by atoms with Gasteiger partial charge in [-0.1, -0.05) is 5.16 Å². The summed E-state index contributed by atoms with van der Waals surface area (Å²) >= 11 is 0. The van der Waals surface area contributed by atoms with Gasteiger partial charge in [-0.15, -0.1) is 0 Å². The van der Waals surface area contributed by atoms with Crippen LogP contribution in [-0.4, -0.2) is 76.3 Å². The molecule has 1 fully saturated rings. The quantitative estimate of drug-likeness (QED) is 0.823. The molecule has 23 heavy (non-hydrogen) atoms. The molecular weight excluding hydrogens is 301 g/mol. The van der Waals surface area contributed by atoms with Crippen molar-refractivity contribution in [2.45, 2.75) is 52.0 Å². The summed E-state index contributed by atoms with van der Waals surface area (Å²) in [6, 6.07) is 0.0249. The van der Waals surface area contributed by atoms with E-state index in [1.165, 1.54) is 0 Å². The molecule has 0 radical (unpaired) electrons. The number of carbonyl (C=O) groups excluding carboxylic acids is 1. The number of aromatic nitrogens is 2. The van der Waals surface area contributed by atoms with Gasteiger partial charge in [0.15, 0.2) is 5.82 Å². The molecule has 2 heterocycles. The first-order valence-corrected chi connectivity index (χ1v) is 7.93. The molecule has 0 aliphatic carbocycles. The Kier molecular flexibility index (Phi) is 5.56. The lowest BCUT2D eigenvalue weighted by molar-refractivity contribution is 0.141. The van der Waals surface area contributed by atoms with Crippen molar-refractivity contribution in [3.63, 3.8) is 0 Å². The Morgan fingerprint density at radius 1 is 1.48 bits per heavy atom. The normalized spacial score (nSPS) is 21.9. The standard InChI is InChI=1S/C15H26FN5O2/c1-10(2)20(5)15(22)19(4)8-13-6-12(16)7-21(13)9-14-17-11(3)23-18-14/h10,12-13H,6-9H2,1-5H3/t12-,13-/m0/s1. The lowest BCUT2D eigenvalue weighted by atomic mass is 10.2. The second kappa shape index (κ2) is 7.25. The fourth-order valence-corrected chi connectivity index (χ4v) is 2.78. The number of carbonyl (C=O) groups is 1. The number of amides is 2. The first-order valence-electron chi connectivity index (χ1n) is 7.93. The number of hydrogen-bond acceptors (Lipinski definition) is 5. The molecule has 1 aromatic heterocycles. The van der Waals surface area contributed by atoms with E-state index in [1.807, 2.05) is 18.7 Å². The van der Waals surface area contributed by atoms with Gasteiger partial charge < -0.3 is 14.3 Å². The highest BCUT2D eigenvalue weighted by Gasteiger charge is 2.34. The van der Waals surface area contributed by atoms with Crippen LogP contribution >= 0.6 is 0 Å². The Labute approximate surface area is 136 Å². The smallest absolute Gasteiger partial charge is 0.319 e. The van der Waals surface area contributed by atoms with Gasteiger partial charge in [0.1, 0.15) is 6.17 Å². The molecule has 8 heteroatoms. The van der Waals surface area contributed by atoms with E-state index in [0.717, 1.165) is 0 Å². The molecule has 2 atom stereocenters. The zero-order valence-electron chi connectivity index (χ0n) is 14.5. The van der Waals surface area contributed by atoms with Crippen molar-refractivity contribution in [2.75, 3.05) is 27.2 Å². The number of alkyl halides is 1. The maximum Gasteiger partial charge on any atom is 0.319 e. The number of urea groups is 1. The Hall–Kier alpha value is -1.70. The predicted octanol–water partition coefficient (Wildman–Crippen LogP) is 1.68. The van der Waals surface area contributed by atoms with E-state index in [9.17, 15) is 9.18 Å². The van der Waals surface area contributed by atoms with Crippen molar-refractivity contribution >= 4 is 6.03 Å². The summed E-state index contributed by atoms with van der Waals surface area (Å²) in [5.41, 5.74) is 0. The number of halogens is 1. The van der Waals surface area contributed by atoms with Gasteiger partial charge in [-0.3, -0.25) is 4.90 Å². The third-order valence-corrected chi connectivity index (χ3v) is 4.28. The molecule has 0 spiro atoms. The van der Waals surface area contributed by atoms with E-state index in [0.29, 0.717) is 37.8 Å². The Balaban J connectivity index is 1.97. The van der Waals surface area contributed by atoms with Crippen LogP contribution < -0.4 is 0 Å². The number of likely N-dealkylation sites (N-methyl/N-ethyl adjacent to an activating group) is 1. The van der Waals surface area contributed by atoms with Gasteiger partial charge in [-0.2, -0.15) is 4.98 Å². The highest BCUT2D eigenvalue weighted by Crippen LogP contribution is 2.23. The average molecular weight is 327 g/mol. The second-order valence-corrected chi connectivity index (χ2v) is 6.51. The minimum atomic E-state index is -0.890. The van der Waals surface area contributed by atoms with Crippen molar-refractivity contribution in [3.8, 4) is 0 Å². The summed E-state index contributed by atoms with van der Waals surface area (Å²) in [7, 11) is 3.53. The van der Waals surface area contributed by atoms with Gasteiger partial charge in [0.25, 0.3) is 0 Å². The Morgan fingerprint density at radius 3 is 2.74 bits per heavy atom. The van der Waals surface area contributed by atoms with E-state index >= 15 is 0 Å². The predicted molar refractivity (Wildman–Crippen MR) is 83.7 cm³/mol. The third kappa shape index (κ3) is 4.40. The van der Waals surface area contributed by atoms with Crippen LogP contribution in [0.4, 0.5) is 9.18 Å². The summed E-state index contributed by atoms with van der Waals surface area (Å²) in [4.78, 5) is 21.8. The van der Waals surface area contributed by atoms with E-state index in [1.54, 1.807) is 30.8 Å². The van der Waals surface area contributed by atoms with Gasteiger partial charge in [-0.25, -0.2) is 9.18 Å². The SMILES string of the molecule is Cc1nc(CN2C[C@@H](F)C[C@H]2CN(C)C(=O)N(C)C(C)C)no1. The van der Waals surface area contributed by atoms with Gasteiger partial charge in [0.05, 0.1) is 6.54 Å². The monoisotopic (exact) mass is 327 g/mol. The maximum atomic E-state index is 13.9. The van der Waals surface area contributed by atoms with Crippen molar-refractivity contribution in [1.29, 1.82) is 0 Å². The minimum Gasteiger partial charge on any atom is -0.340 e. The zero-order chi connectivity index (χ0) is 17.1. The lowest BCUT2D eigenvalue weighted by Crippen LogP contribution is -2.47. The van der Waals surface area contributed by atoms with Crippen molar-refractivity contribution in [2.24, 2.45) is 0 Å². The summed E-state index contributed by atoms with van der Waals surface area (Å²) in [6.45, 7) is 6.90. The summed E-state index contributed by atoms with van der Waals surface area (Å²) < 4.78 is 18.8. The largest absolute Gasteiger partial charge is 0.340 e. The van der Waals surface area contributed by atoms with E-state index in [4.69, 9.17) is 4.52 Å². The molecule has 0 unspecified atom stereocenters. The van der Waals surface area contributed by atoms with Crippen molar-refractivity contribution in [3.05, 3.63) is 11.7 Å². The molecule has 1 aliphatic rings. The van der Waals surface area contributed by atoms with E-state index in [2.05, 4.69) is 10.1 Å². The third-order valence-electron chi connectivity index (χ3n) is 4.28. The molecule has 1 aliphatic heterocycles. The molecule has 0 N–H and O–H groups in total. The molecule has 0 aromatic carbocycles. The Bertz CT molecular complexity index is 536. The van der Waals surface area contributed by atoms with Crippen molar-refractivity contribution < 1.29 is 13.7 Å². The number of rotatable bonds is 5. The van der Waals surface area contributed by atoms with Crippen LogP contribution in [0.5, 0.6) is 0 Å². The van der Waals surface area contributed by atoms with Crippen LogP contribution in [-0.2, 0) is 6.54 Å².